The second-order valence-corrected chi connectivity index (χ2v) is 5.94. The van der Waals surface area contributed by atoms with Crippen molar-refractivity contribution in [2.24, 2.45) is 17.1 Å². The molecule has 0 radical (unpaired) electrons. The van der Waals surface area contributed by atoms with Gasteiger partial charge in [-0.2, -0.15) is 0 Å². The van der Waals surface area contributed by atoms with Crippen LogP contribution in [0, 0.1) is 11.3 Å². The molecule has 1 saturated carbocycles. The first kappa shape index (κ1) is 13.3. The zero-order chi connectivity index (χ0) is 12.1. The molecule has 2 N–H and O–H groups in total. The molecule has 17 heavy (non-hydrogen) atoms. The maximum absolute atomic E-state index is 6.04. The monoisotopic (exact) mass is 240 g/mol. The van der Waals surface area contributed by atoms with E-state index in [2.05, 4.69) is 11.8 Å². The van der Waals surface area contributed by atoms with Crippen LogP contribution in [0.25, 0.3) is 0 Å². The van der Waals surface area contributed by atoms with Crippen LogP contribution in [-0.2, 0) is 4.74 Å². The van der Waals surface area contributed by atoms with Gasteiger partial charge in [-0.3, -0.25) is 0 Å². The van der Waals surface area contributed by atoms with Gasteiger partial charge in [-0.05, 0) is 50.1 Å². The van der Waals surface area contributed by atoms with Gasteiger partial charge in [-0.1, -0.05) is 13.3 Å². The third-order valence-electron chi connectivity index (χ3n) is 4.73. The molecule has 1 heterocycles. The highest BCUT2D eigenvalue weighted by molar-refractivity contribution is 4.87. The van der Waals surface area contributed by atoms with Crippen LogP contribution in [-0.4, -0.2) is 44.3 Å². The molecule has 0 aromatic carbocycles. The molecule has 0 atom stereocenters. The topological polar surface area (TPSA) is 38.5 Å². The van der Waals surface area contributed by atoms with Gasteiger partial charge < -0.3 is 15.4 Å². The zero-order valence-corrected chi connectivity index (χ0v) is 11.3. The number of ether oxygens (including phenoxy) is 1. The second-order valence-electron chi connectivity index (χ2n) is 5.94. The summed E-state index contributed by atoms with van der Waals surface area (Å²) >= 11 is 0. The first-order valence-corrected chi connectivity index (χ1v) is 7.28. The Morgan fingerprint density at radius 1 is 1.29 bits per heavy atom. The predicted molar refractivity (Wildman–Crippen MR) is 71.0 cm³/mol. The van der Waals surface area contributed by atoms with E-state index in [1.807, 2.05) is 0 Å². The summed E-state index contributed by atoms with van der Waals surface area (Å²) in [7, 11) is 0. The van der Waals surface area contributed by atoms with Crippen molar-refractivity contribution >= 4 is 0 Å². The molecule has 0 aromatic heterocycles. The molecule has 2 fully saturated rings. The van der Waals surface area contributed by atoms with Crippen molar-refractivity contribution in [2.75, 3.05) is 39.4 Å². The summed E-state index contributed by atoms with van der Waals surface area (Å²) in [5, 5.41) is 0. The van der Waals surface area contributed by atoms with Gasteiger partial charge in [0.15, 0.2) is 0 Å². The van der Waals surface area contributed by atoms with Gasteiger partial charge >= 0.3 is 0 Å². The Hall–Kier alpha value is -0.120. The summed E-state index contributed by atoms with van der Waals surface area (Å²) in [6.45, 7) is 8.54. The van der Waals surface area contributed by atoms with E-state index in [1.165, 1.54) is 38.9 Å². The van der Waals surface area contributed by atoms with Gasteiger partial charge in [-0.25, -0.2) is 0 Å². The quantitative estimate of drug-likeness (QED) is 0.770. The van der Waals surface area contributed by atoms with Crippen molar-refractivity contribution in [2.45, 2.75) is 39.0 Å². The Bertz CT molecular complexity index is 222. The fourth-order valence-electron chi connectivity index (χ4n) is 3.05. The molecule has 100 valence electrons. The molecule has 1 aliphatic heterocycles. The second kappa shape index (κ2) is 6.17. The van der Waals surface area contributed by atoms with E-state index in [0.717, 1.165) is 38.5 Å². The lowest BCUT2D eigenvalue weighted by molar-refractivity contribution is -0.00363. The molecule has 0 amide bonds. The van der Waals surface area contributed by atoms with Crippen molar-refractivity contribution in [1.29, 1.82) is 0 Å². The number of nitrogens with zero attached hydrogens (tertiary/aromatic N) is 1. The van der Waals surface area contributed by atoms with E-state index in [-0.39, 0.29) is 0 Å². The standard InChI is InChI=1S/C14H28N2O/c1-2-16(10-13-4-3-5-13)12-14(11-15)6-8-17-9-7-14/h13H,2-12,15H2,1H3. The van der Waals surface area contributed by atoms with E-state index < -0.39 is 0 Å². The summed E-state index contributed by atoms with van der Waals surface area (Å²) in [5.74, 6) is 0.963. The lowest BCUT2D eigenvalue weighted by Crippen LogP contribution is -2.47. The predicted octanol–water partition coefficient (Wildman–Crippen LogP) is 1.86. The zero-order valence-electron chi connectivity index (χ0n) is 11.3. The van der Waals surface area contributed by atoms with E-state index >= 15 is 0 Å². The molecule has 0 unspecified atom stereocenters. The Kier molecular flexibility index (Phi) is 4.83. The van der Waals surface area contributed by atoms with Crippen molar-refractivity contribution in [3.63, 3.8) is 0 Å². The summed E-state index contributed by atoms with van der Waals surface area (Å²) in [6, 6.07) is 0. The maximum atomic E-state index is 6.04. The van der Waals surface area contributed by atoms with Gasteiger partial charge in [0.1, 0.15) is 0 Å². The third kappa shape index (κ3) is 3.43. The van der Waals surface area contributed by atoms with Crippen molar-refractivity contribution < 1.29 is 4.74 Å². The van der Waals surface area contributed by atoms with Crippen LogP contribution in [0.1, 0.15) is 39.0 Å². The Labute approximate surface area is 106 Å². The SMILES string of the molecule is CCN(CC1CCC1)CC1(CN)CCOCC1. The van der Waals surface area contributed by atoms with Crippen LogP contribution in [0.4, 0.5) is 0 Å². The summed E-state index contributed by atoms with van der Waals surface area (Å²) in [5.41, 5.74) is 6.37. The molecular weight excluding hydrogens is 212 g/mol. The van der Waals surface area contributed by atoms with Crippen LogP contribution < -0.4 is 5.73 Å². The van der Waals surface area contributed by atoms with Crippen molar-refractivity contribution in [3.05, 3.63) is 0 Å². The van der Waals surface area contributed by atoms with Crippen LogP contribution in [0.2, 0.25) is 0 Å². The molecule has 3 heteroatoms. The first-order chi connectivity index (χ1) is 8.28. The van der Waals surface area contributed by atoms with Gasteiger partial charge in [-0.15, -0.1) is 0 Å². The summed E-state index contributed by atoms with van der Waals surface area (Å²) in [6.07, 6.45) is 6.61. The largest absolute Gasteiger partial charge is 0.381 e. The molecule has 1 aliphatic carbocycles. The molecule has 0 aromatic rings. The molecule has 0 bridgehead atoms. The minimum Gasteiger partial charge on any atom is -0.381 e. The Balaban J connectivity index is 1.85. The average Bonchev–Trinajstić information content (AvgIpc) is 2.33. The van der Waals surface area contributed by atoms with Gasteiger partial charge in [0.25, 0.3) is 0 Å². The van der Waals surface area contributed by atoms with E-state index in [9.17, 15) is 0 Å². The molecule has 3 nitrogen and oxygen atoms in total. The fraction of sp³-hybridized carbons (Fsp3) is 1.00. The molecule has 1 saturated heterocycles. The normalized spacial score (nSPS) is 24.9. The van der Waals surface area contributed by atoms with Gasteiger partial charge in [0.2, 0.25) is 0 Å². The highest BCUT2D eigenvalue weighted by atomic mass is 16.5. The van der Waals surface area contributed by atoms with Crippen LogP contribution in [0.3, 0.4) is 0 Å². The van der Waals surface area contributed by atoms with Crippen LogP contribution in [0.15, 0.2) is 0 Å². The number of rotatable bonds is 6. The van der Waals surface area contributed by atoms with Gasteiger partial charge in [0, 0.05) is 26.3 Å². The van der Waals surface area contributed by atoms with Crippen molar-refractivity contribution in [1.82, 2.24) is 4.90 Å². The number of hydrogen-bond acceptors (Lipinski definition) is 3. The minimum absolute atomic E-state index is 0.331. The Morgan fingerprint density at radius 3 is 2.47 bits per heavy atom. The van der Waals surface area contributed by atoms with Crippen LogP contribution in [0.5, 0.6) is 0 Å². The molecule has 0 spiro atoms. The number of nitrogens with two attached hydrogens (primary N) is 1. The number of hydrogen-bond donors (Lipinski definition) is 1. The third-order valence-corrected chi connectivity index (χ3v) is 4.73. The highest BCUT2D eigenvalue weighted by Gasteiger charge is 2.33. The van der Waals surface area contributed by atoms with Gasteiger partial charge in [0.05, 0.1) is 0 Å². The van der Waals surface area contributed by atoms with Crippen molar-refractivity contribution in [3.8, 4) is 0 Å². The summed E-state index contributed by atoms with van der Waals surface area (Å²) in [4.78, 5) is 2.63. The smallest absolute Gasteiger partial charge is 0.0472 e. The maximum Gasteiger partial charge on any atom is 0.0472 e. The van der Waals surface area contributed by atoms with Crippen LogP contribution >= 0.6 is 0 Å². The van der Waals surface area contributed by atoms with E-state index in [0.29, 0.717) is 5.41 Å². The van der Waals surface area contributed by atoms with E-state index in [4.69, 9.17) is 10.5 Å². The lowest BCUT2D eigenvalue weighted by atomic mass is 9.79. The average molecular weight is 240 g/mol. The highest BCUT2D eigenvalue weighted by Crippen LogP contribution is 2.32. The molecule has 2 aliphatic rings. The molecule has 2 rings (SSSR count). The first-order valence-electron chi connectivity index (χ1n) is 7.28. The summed E-state index contributed by atoms with van der Waals surface area (Å²) < 4.78 is 5.48. The minimum atomic E-state index is 0.331. The lowest BCUT2D eigenvalue weighted by Gasteiger charge is -2.42. The Morgan fingerprint density at radius 2 is 2.00 bits per heavy atom. The fourth-order valence-corrected chi connectivity index (χ4v) is 3.05. The molecular formula is C14H28N2O. The van der Waals surface area contributed by atoms with E-state index in [1.54, 1.807) is 0 Å².